The molecule has 0 saturated heterocycles. The lowest BCUT2D eigenvalue weighted by molar-refractivity contribution is 0.0535. The Kier molecular flexibility index (Phi) is 4.18. The molecule has 1 aromatic heterocycles. The highest BCUT2D eigenvalue weighted by Gasteiger charge is 2.25. The lowest BCUT2D eigenvalue weighted by Crippen LogP contribution is -2.29. The fraction of sp³-hybridized carbons (Fsp3) is 0.308. The van der Waals surface area contributed by atoms with Crippen LogP contribution in [0.4, 0.5) is 4.79 Å². The highest BCUT2D eigenvalue weighted by Crippen LogP contribution is 2.29. The van der Waals surface area contributed by atoms with E-state index in [2.05, 4.69) is 0 Å². The van der Waals surface area contributed by atoms with Crippen LogP contribution in [0.3, 0.4) is 0 Å². The number of carbonyl (C=O) groups is 1. The van der Waals surface area contributed by atoms with E-state index in [1.165, 1.54) is 6.07 Å². The van der Waals surface area contributed by atoms with E-state index in [-0.39, 0.29) is 5.88 Å². The molecule has 0 atom stereocenters. The maximum atomic E-state index is 12.3. The summed E-state index contributed by atoms with van der Waals surface area (Å²) in [6, 6.07) is 6.35. The van der Waals surface area contributed by atoms with Crippen molar-refractivity contribution < 1.29 is 24.2 Å². The van der Waals surface area contributed by atoms with Crippen molar-refractivity contribution in [2.24, 2.45) is 0 Å². The average molecular weight is 312 g/mol. The average Bonchev–Trinajstić information content (AvgIpc) is 2.62. The minimum absolute atomic E-state index is 0.0449. The predicted octanol–water partition coefficient (Wildman–Crippen LogP) is 2.43. The molecule has 0 radical (unpaired) electrons. The molecule has 0 aliphatic rings. The van der Waals surface area contributed by atoms with Gasteiger partial charge in [-0.2, -0.15) is 0 Å². The van der Waals surface area contributed by atoms with Crippen LogP contribution in [0.2, 0.25) is 5.02 Å². The fourth-order valence-electron chi connectivity index (χ4n) is 1.85. The van der Waals surface area contributed by atoms with Crippen LogP contribution in [0.1, 0.15) is 20.8 Å². The third kappa shape index (κ3) is 3.69. The van der Waals surface area contributed by atoms with Gasteiger partial charge in [-0.1, -0.05) is 11.6 Å². The molecule has 1 aromatic carbocycles. The van der Waals surface area contributed by atoms with Crippen LogP contribution in [0, 0.1) is 0 Å². The summed E-state index contributed by atoms with van der Waals surface area (Å²) in [6.07, 6.45) is -0.685. The topological polar surface area (TPSA) is 80.9 Å². The van der Waals surface area contributed by atoms with E-state index in [1.807, 2.05) is 0 Å². The molecule has 0 unspecified atom stereocenters. The molecule has 0 saturated carbocycles. The lowest BCUT2D eigenvalue weighted by atomic mass is 10.2. The molecule has 21 heavy (non-hydrogen) atoms. The first-order chi connectivity index (χ1) is 9.67. The van der Waals surface area contributed by atoms with E-state index in [9.17, 15) is 4.79 Å². The Bertz CT molecular complexity index is 677. The minimum atomic E-state index is -2.05. The van der Waals surface area contributed by atoms with Gasteiger partial charge in [-0.3, -0.25) is 0 Å². The largest absolute Gasteiger partial charge is 0.708 e. The number of halogens is 1. The summed E-state index contributed by atoms with van der Waals surface area (Å²) in [7, 11) is -2.05. The number of rotatable bonds is 2. The molecule has 0 fully saturated rings. The molecule has 6 nitrogen and oxygen atoms in total. The number of carbonyl (C=O) groups excluding carboxylic acids is 1. The van der Waals surface area contributed by atoms with Crippen molar-refractivity contribution in [3.05, 3.63) is 29.3 Å². The predicted molar refractivity (Wildman–Crippen MR) is 79.4 cm³/mol. The Balaban J connectivity index is 2.54. The van der Waals surface area contributed by atoms with Gasteiger partial charge in [0.1, 0.15) is 5.60 Å². The summed E-state index contributed by atoms with van der Waals surface area (Å²) in [5.41, 5.74) is -0.209. The number of hydrogen-bond donors (Lipinski definition) is 2. The Morgan fingerprint density at radius 3 is 2.52 bits per heavy atom. The highest BCUT2D eigenvalue weighted by atomic mass is 35.5. The van der Waals surface area contributed by atoms with Crippen LogP contribution in [-0.4, -0.2) is 33.6 Å². The van der Waals surface area contributed by atoms with Gasteiger partial charge in [0.2, 0.25) is 0 Å². The molecule has 0 aliphatic heterocycles. The van der Waals surface area contributed by atoms with Crippen molar-refractivity contribution in [2.45, 2.75) is 26.4 Å². The Hall–Kier alpha value is -1.70. The third-order valence-electron chi connectivity index (χ3n) is 2.53. The van der Waals surface area contributed by atoms with Gasteiger partial charge in [-0.15, -0.1) is 0 Å². The molecular formula is C13H15BClNO5. The van der Waals surface area contributed by atoms with Crippen LogP contribution in [0.15, 0.2) is 24.3 Å². The van der Waals surface area contributed by atoms with E-state index in [1.54, 1.807) is 39.0 Å². The number of fused-ring (bicyclic) bond motifs is 1. The van der Waals surface area contributed by atoms with Gasteiger partial charge in [-0.25, -0.2) is 9.36 Å². The van der Waals surface area contributed by atoms with Gasteiger partial charge in [0.15, 0.2) is 5.88 Å². The molecular weight excluding hydrogens is 296 g/mol. The van der Waals surface area contributed by atoms with E-state index in [4.69, 9.17) is 31.0 Å². The zero-order valence-corrected chi connectivity index (χ0v) is 12.6. The molecule has 2 aromatic rings. The summed E-state index contributed by atoms with van der Waals surface area (Å²) in [5, 5.41) is 19.0. The van der Waals surface area contributed by atoms with Gasteiger partial charge in [0.05, 0.1) is 5.52 Å². The molecule has 0 amide bonds. The molecule has 1 heterocycles. The standard InChI is InChI=1S/C13H15BClNO5/c1-13(2,3)20-12(17)16-10-5-4-9(15)6-8(10)7-11(16)21-14(18)19/h4-7,18-19H,1-3H3. The molecule has 0 aliphatic carbocycles. The van der Waals surface area contributed by atoms with Crippen molar-refractivity contribution in [2.75, 3.05) is 0 Å². The number of aromatic nitrogens is 1. The first kappa shape index (κ1) is 15.7. The quantitative estimate of drug-likeness (QED) is 0.833. The van der Waals surface area contributed by atoms with Gasteiger partial charge < -0.3 is 19.4 Å². The number of nitrogens with zero attached hydrogens (tertiary/aromatic N) is 1. The second kappa shape index (κ2) is 5.59. The molecule has 8 heteroatoms. The molecule has 0 spiro atoms. The van der Waals surface area contributed by atoms with Gasteiger partial charge >= 0.3 is 13.4 Å². The Morgan fingerprint density at radius 2 is 1.95 bits per heavy atom. The highest BCUT2D eigenvalue weighted by molar-refractivity contribution is 6.34. The van der Waals surface area contributed by atoms with Gasteiger partial charge in [0.25, 0.3) is 0 Å². The molecule has 112 valence electrons. The number of benzene rings is 1. The van der Waals surface area contributed by atoms with E-state index < -0.39 is 19.0 Å². The smallest absolute Gasteiger partial charge is 0.498 e. The first-order valence-electron chi connectivity index (χ1n) is 6.24. The number of hydrogen-bond acceptors (Lipinski definition) is 5. The van der Waals surface area contributed by atoms with Crippen LogP contribution in [-0.2, 0) is 4.74 Å². The second-order valence-electron chi connectivity index (χ2n) is 5.45. The van der Waals surface area contributed by atoms with Crippen LogP contribution >= 0.6 is 11.6 Å². The van der Waals surface area contributed by atoms with Crippen LogP contribution in [0.25, 0.3) is 10.9 Å². The fourth-order valence-corrected chi connectivity index (χ4v) is 2.03. The SMILES string of the molecule is CC(C)(C)OC(=O)n1c(OB(O)O)cc2cc(Cl)ccc21. The van der Waals surface area contributed by atoms with Crippen molar-refractivity contribution in [3.63, 3.8) is 0 Å². The zero-order chi connectivity index (χ0) is 15.8. The first-order valence-corrected chi connectivity index (χ1v) is 6.62. The zero-order valence-electron chi connectivity index (χ0n) is 11.8. The maximum Gasteiger partial charge on any atom is 0.708 e. The van der Waals surface area contributed by atoms with E-state index in [0.717, 1.165) is 4.57 Å². The van der Waals surface area contributed by atoms with Gasteiger partial charge in [0, 0.05) is 16.5 Å². The van der Waals surface area contributed by atoms with Gasteiger partial charge in [-0.05, 0) is 39.0 Å². The summed E-state index contributed by atoms with van der Waals surface area (Å²) >= 11 is 5.91. The van der Waals surface area contributed by atoms with E-state index in [0.29, 0.717) is 15.9 Å². The minimum Gasteiger partial charge on any atom is -0.498 e. The summed E-state index contributed by atoms with van der Waals surface area (Å²) in [4.78, 5) is 12.3. The number of ether oxygens (including phenoxy) is 1. The van der Waals surface area contributed by atoms with Crippen LogP contribution in [0.5, 0.6) is 5.88 Å². The maximum absolute atomic E-state index is 12.3. The lowest BCUT2D eigenvalue weighted by Gasteiger charge is -2.20. The Morgan fingerprint density at radius 1 is 1.29 bits per heavy atom. The monoisotopic (exact) mass is 311 g/mol. The van der Waals surface area contributed by atoms with Crippen molar-refractivity contribution >= 4 is 35.9 Å². The summed E-state index contributed by atoms with van der Waals surface area (Å²) < 4.78 is 11.2. The van der Waals surface area contributed by atoms with Crippen molar-refractivity contribution in [1.82, 2.24) is 4.57 Å². The molecule has 2 N–H and O–H groups in total. The van der Waals surface area contributed by atoms with Crippen molar-refractivity contribution in [3.8, 4) is 5.88 Å². The van der Waals surface area contributed by atoms with E-state index >= 15 is 0 Å². The second-order valence-corrected chi connectivity index (χ2v) is 5.88. The molecule has 2 rings (SSSR count). The van der Waals surface area contributed by atoms with Crippen molar-refractivity contribution in [1.29, 1.82) is 0 Å². The Labute approximate surface area is 127 Å². The molecule has 0 bridgehead atoms. The normalized spacial score (nSPS) is 11.5. The van der Waals surface area contributed by atoms with Crippen LogP contribution < -0.4 is 4.65 Å². The summed E-state index contributed by atoms with van der Waals surface area (Å²) in [5.74, 6) is -0.0449. The third-order valence-corrected chi connectivity index (χ3v) is 2.77. The summed E-state index contributed by atoms with van der Waals surface area (Å²) in [6.45, 7) is 5.19.